The third-order valence-electron chi connectivity index (χ3n) is 4.21. The number of likely N-dealkylation sites (tertiary alicyclic amines) is 1. The van der Waals surface area contributed by atoms with Crippen LogP contribution in [0.4, 0.5) is 4.39 Å². The summed E-state index contributed by atoms with van der Waals surface area (Å²) in [7, 11) is 0. The normalized spacial score (nSPS) is 22.5. The van der Waals surface area contributed by atoms with E-state index in [1.54, 1.807) is 17.0 Å². The van der Waals surface area contributed by atoms with Gasteiger partial charge in [-0.05, 0) is 50.0 Å². The summed E-state index contributed by atoms with van der Waals surface area (Å²) in [6.07, 6.45) is 3.02. The number of hydrogen-bond donors (Lipinski definition) is 1. The Morgan fingerprint density at radius 3 is 2.50 bits per heavy atom. The highest BCUT2D eigenvalue weighted by Crippen LogP contribution is 2.23. The molecule has 0 radical (unpaired) electrons. The molecular weight excluding hydrogens is 283 g/mol. The van der Waals surface area contributed by atoms with Crippen LogP contribution < -0.4 is 5.73 Å². The van der Waals surface area contributed by atoms with Gasteiger partial charge in [-0.2, -0.15) is 0 Å². The Kier molecular flexibility index (Phi) is 4.96. The summed E-state index contributed by atoms with van der Waals surface area (Å²) >= 11 is 0. The van der Waals surface area contributed by atoms with Gasteiger partial charge in [-0.1, -0.05) is 12.1 Å². The molecule has 5 heteroatoms. The number of carbonyl (C=O) groups excluding carboxylic acids is 2. The summed E-state index contributed by atoms with van der Waals surface area (Å²) in [4.78, 5) is 25.5. The van der Waals surface area contributed by atoms with Crippen molar-refractivity contribution in [1.82, 2.24) is 4.90 Å². The molecular formula is C17H21FN2O2. The van der Waals surface area contributed by atoms with E-state index in [9.17, 15) is 14.0 Å². The average Bonchev–Trinajstić information content (AvgIpc) is 2.47. The number of nitrogens with two attached hydrogens (primary N) is 1. The molecule has 118 valence electrons. The lowest BCUT2D eigenvalue weighted by Gasteiger charge is -2.36. The van der Waals surface area contributed by atoms with Crippen molar-refractivity contribution >= 4 is 17.4 Å². The summed E-state index contributed by atoms with van der Waals surface area (Å²) in [6, 6.07) is 6.09. The largest absolute Gasteiger partial charge is 0.369 e. The molecule has 2 N–H and O–H groups in total. The number of nitrogens with zero attached hydrogens (tertiary/aromatic N) is 1. The fourth-order valence-electron chi connectivity index (χ4n) is 2.71. The lowest BCUT2D eigenvalue weighted by Crippen LogP contribution is -2.48. The van der Waals surface area contributed by atoms with Crippen LogP contribution in [0, 0.1) is 11.7 Å². The molecule has 4 nitrogen and oxygen atoms in total. The van der Waals surface area contributed by atoms with Crippen LogP contribution in [0.2, 0.25) is 0 Å². The van der Waals surface area contributed by atoms with Gasteiger partial charge >= 0.3 is 0 Å². The van der Waals surface area contributed by atoms with E-state index in [-0.39, 0.29) is 29.6 Å². The predicted octanol–water partition coefficient (Wildman–Crippen LogP) is 2.34. The van der Waals surface area contributed by atoms with Gasteiger partial charge in [0.05, 0.1) is 5.92 Å². The Balaban J connectivity index is 2.13. The molecule has 1 aliphatic rings. The highest BCUT2D eigenvalue weighted by Gasteiger charge is 2.30. The SMILES string of the molecule is C/C(=C\C(=O)N1CC(C(N)=O)CCC1C)c1ccc(F)cc1. The van der Waals surface area contributed by atoms with Gasteiger partial charge in [-0.25, -0.2) is 4.39 Å². The maximum Gasteiger partial charge on any atom is 0.247 e. The Bertz CT molecular complexity index is 595. The Morgan fingerprint density at radius 2 is 1.91 bits per heavy atom. The predicted molar refractivity (Wildman–Crippen MR) is 83.1 cm³/mol. The quantitative estimate of drug-likeness (QED) is 0.871. The van der Waals surface area contributed by atoms with E-state index in [0.717, 1.165) is 24.0 Å². The summed E-state index contributed by atoms with van der Waals surface area (Å²) in [6.45, 7) is 4.14. The van der Waals surface area contributed by atoms with Gasteiger partial charge in [-0.15, -0.1) is 0 Å². The van der Waals surface area contributed by atoms with E-state index in [2.05, 4.69) is 0 Å². The fraction of sp³-hybridized carbons (Fsp3) is 0.412. The van der Waals surface area contributed by atoms with E-state index in [4.69, 9.17) is 5.73 Å². The highest BCUT2D eigenvalue weighted by molar-refractivity contribution is 5.95. The number of benzene rings is 1. The van der Waals surface area contributed by atoms with Crippen molar-refractivity contribution < 1.29 is 14.0 Å². The number of carbonyl (C=O) groups is 2. The molecule has 2 atom stereocenters. The van der Waals surface area contributed by atoms with Gasteiger partial charge in [0.25, 0.3) is 0 Å². The minimum atomic E-state index is -0.357. The van der Waals surface area contributed by atoms with Gasteiger partial charge in [0.2, 0.25) is 11.8 Å². The maximum absolute atomic E-state index is 12.9. The van der Waals surface area contributed by atoms with Gasteiger partial charge in [0.1, 0.15) is 5.82 Å². The van der Waals surface area contributed by atoms with Gasteiger partial charge in [0, 0.05) is 18.7 Å². The summed E-state index contributed by atoms with van der Waals surface area (Å²) in [5, 5.41) is 0. The van der Waals surface area contributed by atoms with E-state index in [0.29, 0.717) is 6.54 Å². The zero-order valence-electron chi connectivity index (χ0n) is 12.9. The summed E-state index contributed by atoms with van der Waals surface area (Å²) in [5.74, 6) is -1.08. The van der Waals surface area contributed by atoms with E-state index < -0.39 is 0 Å². The van der Waals surface area contributed by atoms with Gasteiger partial charge < -0.3 is 10.6 Å². The number of primary amides is 1. The second-order valence-electron chi connectivity index (χ2n) is 5.85. The summed E-state index contributed by atoms with van der Waals surface area (Å²) in [5.41, 5.74) is 6.91. The second kappa shape index (κ2) is 6.73. The average molecular weight is 304 g/mol. The van der Waals surface area contributed by atoms with Crippen LogP contribution in [0.15, 0.2) is 30.3 Å². The van der Waals surface area contributed by atoms with Crippen molar-refractivity contribution in [3.63, 3.8) is 0 Å². The van der Waals surface area contributed by atoms with Crippen LogP contribution in [-0.4, -0.2) is 29.3 Å². The minimum absolute atomic E-state index is 0.0837. The first kappa shape index (κ1) is 16.2. The van der Waals surface area contributed by atoms with Crippen LogP contribution in [0.25, 0.3) is 5.57 Å². The van der Waals surface area contributed by atoms with Gasteiger partial charge in [0.15, 0.2) is 0 Å². The number of amides is 2. The molecule has 1 fully saturated rings. The lowest BCUT2D eigenvalue weighted by molar-refractivity contribution is -0.133. The van der Waals surface area contributed by atoms with E-state index in [1.165, 1.54) is 18.2 Å². The Hall–Kier alpha value is -2.17. The van der Waals surface area contributed by atoms with Crippen LogP contribution in [0.1, 0.15) is 32.3 Å². The first-order valence-electron chi connectivity index (χ1n) is 7.42. The molecule has 0 spiro atoms. The van der Waals surface area contributed by atoms with Crippen molar-refractivity contribution in [3.05, 3.63) is 41.7 Å². The zero-order valence-corrected chi connectivity index (χ0v) is 12.9. The number of allylic oxidation sites excluding steroid dienone is 1. The van der Waals surface area contributed by atoms with Crippen molar-refractivity contribution in [2.24, 2.45) is 11.7 Å². The molecule has 0 aromatic heterocycles. The molecule has 2 amide bonds. The highest BCUT2D eigenvalue weighted by atomic mass is 19.1. The molecule has 2 rings (SSSR count). The lowest BCUT2D eigenvalue weighted by atomic mass is 9.92. The third kappa shape index (κ3) is 3.72. The van der Waals surface area contributed by atoms with Crippen LogP contribution >= 0.6 is 0 Å². The molecule has 1 aliphatic heterocycles. The molecule has 0 saturated carbocycles. The first-order valence-corrected chi connectivity index (χ1v) is 7.42. The number of rotatable bonds is 3. The molecule has 22 heavy (non-hydrogen) atoms. The molecule has 1 aromatic carbocycles. The van der Waals surface area contributed by atoms with Crippen LogP contribution in [0.5, 0.6) is 0 Å². The zero-order chi connectivity index (χ0) is 16.3. The van der Waals surface area contributed by atoms with E-state index >= 15 is 0 Å². The Morgan fingerprint density at radius 1 is 1.27 bits per heavy atom. The molecule has 0 bridgehead atoms. The molecule has 1 aromatic rings. The van der Waals surface area contributed by atoms with Crippen LogP contribution in [-0.2, 0) is 9.59 Å². The van der Waals surface area contributed by atoms with Crippen molar-refractivity contribution in [3.8, 4) is 0 Å². The number of piperidine rings is 1. The molecule has 2 unspecified atom stereocenters. The van der Waals surface area contributed by atoms with E-state index in [1.807, 2.05) is 13.8 Å². The number of halogens is 1. The summed E-state index contributed by atoms with van der Waals surface area (Å²) < 4.78 is 12.9. The number of hydrogen-bond acceptors (Lipinski definition) is 2. The molecule has 1 saturated heterocycles. The molecule has 1 heterocycles. The first-order chi connectivity index (χ1) is 10.4. The second-order valence-corrected chi connectivity index (χ2v) is 5.85. The fourth-order valence-corrected chi connectivity index (χ4v) is 2.71. The third-order valence-corrected chi connectivity index (χ3v) is 4.21. The maximum atomic E-state index is 12.9. The van der Waals surface area contributed by atoms with Crippen LogP contribution in [0.3, 0.4) is 0 Å². The topological polar surface area (TPSA) is 63.4 Å². The van der Waals surface area contributed by atoms with Crippen molar-refractivity contribution in [1.29, 1.82) is 0 Å². The van der Waals surface area contributed by atoms with Crippen molar-refractivity contribution in [2.45, 2.75) is 32.7 Å². The van der Waals surface area contributed by atoms with Crippen molar-refractivity contribution in [2.75, 3.05) is 6.54 Å². The standard InChI is InChI=1S/C17H21FN2O2/c1-11(13-5-7-15(18)8-6-13)9-16(21)20-10-14(17(19)22)4-3-12(20)2/h5-9,12,14H,3-4,10H2,1-2H3,(H2,19,22)/b11-9+. The van der Waals surface area contributed by atoms with Gasteiger partial charge in [-0.3, -0.25) is 9.59 Å². The Labute approximate surface area is 129 Å². The molecule has 0 aliphatic carbocycles. The monoisotopic (exact) mass is 304 g/mol. The minimum Gasteiger partial charge on any atom is -0.369 e. The smallest absolute Gasteiger partial charge is 0.247 e.